The molecule has 0 aromatic heterocycles. The van der Waals surface area contributed by atoms with E-state index in [9.17, 15) is 8.42 Å². The molecule has 1 unspecified atom stereocenters. The fraction of sp³-hybridized carbons (Fsp3) is 0.538. The second-order valence-corrected chi connectivity index (χ2v) is 6.21. The molecular formula is C13H21NO4S. The van der Waals surface area contributed by atoms with Crippen LogP contribution in [-0.2, 0) is 14.6 Å². The van der Waals surface area contributed by atoms with Gasteiger partial charge in [-0.25, -0.2) is 8.42 Å². The number of rotatable bonds is 8. The Labute approximate surface area is 114 Å². The summed E-state index contributed by atoms with van der Waals surface area (Å²) in [4.78, 5) is 0.292. The highest BCUT2D eigenvalue weighted by atomic mass is 32.2. The number of hydrogen-bond donors (Lipinski definition) is 1. The summed E-state index contributed by atoms with van der Waals surface area (Å²) in [5.74, 6) is 0.661. The molecule has 0 fully saturated rings. The summed E-state index contributed by atoms with van der Waals surface area (Å²) in [5.41, 5.74) is 5.53. The first-order valence-corrected chi connectivity index (χ1v) is 7.87. The molecule has 0 aliphatic heterocycles. The molecule has 0 heterocycles. The predicted molar refractivity (Wildman–Crippen MR) is 74.1 cm³/mol. The Kier molecular flexibility index (Phi) is 6.27. The minimum Gasteiger partial charge on any atom is -0.497 e. The van der Waals surface area contributed by atoms with Gasteiger partial charge in [-0.05, 0) is 37.6 Å². The molecule has 5 nitrogen and oxygen atoms in total. The second kappa shape index (κ2) is 7.47. The van der Waals surface area contributed by atoms with Crippen molar-refractivity contribution in [1.82, 2.24) is 0 Å². The van der Waals surface area contributed by atoms with Crippen LogP contribution < -0.4 is 10.5 Å². The summed E-state index contributed by atoms with van der Waals surface area (Å²) in [7, 11) is -1.76. The van der Waals surface area contributed by atoms with Gasteiger partial charge in [-0.15, -0.1) is 0 Å². The van der Waals surface area contributed by atoms with Gasteiger partial charge in [-0.1, -0.05) is 0 Å². The molecular weight excluding hydrogens is 266 g/mol. The fourth-order valence-electron chi connectivity index (χ4n) is 1.69. The summed E-state index contributed by atoms with van der Waals surface area (Å²) < 4.78 is 34.6. The highest BCUT2D eigenvalue weighted by molar-refractivity contribution is 7.91. The molecule has 0 radical (unpaired) electrons. The van der Waals surface area contributed by atoms with Crippen molar-refractivity contribution in [3.63, 3.8) is 0 Å². The zero-order chi connectivity index (χ0) is 14.3. The van der Waals surface area contributed by atoms with Crippen LogP contribution in [0.5, 0.6) is 5.75 Å². The first-order chi connectivity index (χ1) is 9.03. The van der Waals surface area contributed by atoms with Crippen LogP contribution >= 0.6 is 0 Å². The van der Waals surface area contributed by atoms with E-state index in [1.807, 2.05) is 6.92 Å². The van der Waals surface area contributed by atoms with E-state index in [1.165, 1.54) is 7.11 Å². The van der Waals surface area contributed by atoms with Gasteiger partial charge in [-0.3, -0.25) is 0 Å². The van der Waals surface area contributed by atoms with Gasteiger partial charge < -0.3 is 15.2 Å². The van der Waals surface area contributed by atoms with Crippen LogP contribution in [-0.4, -0.2) is 40.5 Å². The van der Waals surface area contributed by atoms with Crippen molar-refractivity contribution in [2.45, 2.75) is 24.3 Å². The quantitative estimate of drug-likeness (QED) is 0.778. The van der Waals surface area contributed by atoms with E-state index in [4.69, 9.17) is 15.2 Å². The van der Waals surface area contributed by atoms with Gasteiger partial charge in [0.25, 0.3) is 0 Å². The van der Waals surface area contributed by atoms with E-state index in [0.717, 1.165) is 0 Å². The highest BCUT2D eigenvalue weighted by Crippen LogP contribution is 2.17. The lowest BCUT2D eigenvalue weighted by Crippen LogP contribution is -2.26. The summed E-state index contributed by atoms with van der Waals surface area (Å²) in [6, 6.07) is 6.37. The average molecular weight is 287 g/mol. The lowest BCUT2D eigenvalue weighted by atomic mass is 10.3. The molecule has 19 heavy (non-hydrogen) atoms. The third-order valence-electron chi connectivity index (χ3n) is 2.79. The van der Waals surface area contributed by atoms with Crippen molar-refractivity contribution < 1.29 is 17.9 Å². The molecule has 0 spiro atoms. The summed E-state index contributed by atoms with van der Waals surface area (Å²) >= 11 is 0. The molecule has 6 heteroatoms. The molecule has 108 valence electrons. The van der Waals surface area contributed by atoms with E-state index < -0.39 is 9.84 Å². The Morgan fingerprint density at radius 2 is 1.89 bits per heavy atom. The van der Waals surface area contributed by atoms with E-state index in [2.05, 4.69) is 0 Å². The Morgan fingerprint density at radius 1 is 1.26 bits per heavy atom. The third-order valence-corrected chi connectivity index (χ3v) is 4.56. The SMILES string of the molecule is CCOC(CN)CCS(=O)(=O)c1ccc(OC)cc1. The smallest absolute Gasteiger partial charge is 0.178 e. The van der Waals surface area contributed by atoms with Gasteiger partial charge in [0.2, 0.25) is 0 Å². The lowest BCUT2D eigenvalue weighted by Gasteiger charge is -2.14. The van der Waals surface area contributed by atoms with Gasteiger partial charge in [0.05, 0.1) is 23.9 Å². The van der Waals surface area contributed by atoms with Gasteiger partial charge in [0, 0.05) is 13.2 Å². The Hall–Kier alpha value is -1.11. The predicted octanol–water partition coefficient (Wildman–Crippen LogP) is 1.22. The molecule has 0 saturated carbocycles. The van der Waals surface area contributed by atoms with E-state index in [0.29, 0.717) is 30.2 Å². The normalized spacial score (nSPS) is 13.2. The number of benzene rings is 1. The van der Waals surface area contributed by atoms with Crippen LogP contribution in [0.25, 0.3) is 0 Å². The van der Waals surface area contributed by atoms with Crippen LogP contribution in [0.3, 0.4) is 0 Å². The molecule has 1 rings (SSSR count). The minimum atomic E-state index is -3.30. The number of hydrogen-bond acceptors (Lipinski definition) is 5. The molecule has 0 saturated heterocycles. The van der Waals surface area contributed by atoms with E-state index in [1.54, 1.807) is 24.3 Å². The van der Waals surface area contributed by atoms with Crippen molar-refractivity contribution >= 4 is 9.84 Å². The van der Waals surface area contributed by atoms with Crippen LogP contribution in [0.2, 0.25) is 0 Å². The lowest BCUT2D eigenvalue weighted by molar-refractivity contribution is 0.0671. The molecule has 0 aliphatic rings. The van der Waals surface area contributed by atoms with Gasteiger partial charge in [0.15, 0.2) is 9.84 Å². The summed E-state index contributed by atoms with van der Waals surface area (Å²) in [5, 5.41) is 0. The van der Waals surface area contributed by atoms with Crippen LogP contribution in [0.15, 0.2) is 29.2 Å². The van der Waals surface area contributed by atoms with Crippen LogP contribution in [0, 0.1) is 0 Å². The first-order valence-electron chi connectivity index (χ1n) is 6.22. The van der Waals surface area contributed by atoms with Crippen molar-refractivity contribution in [2.24, 2.45) is 5.73 Å². The monoisotopic (exact) mass is 287 g/mol. The molecule has 1 aromatic carbocycles. The molecule has 2 N–H and O–H groups in total. The number of sulfone groups is 1. The maximum atomic E-state index is 12.1. The van der Waals surface area contributed by atoms with Crippen molar-refractivity contribution in [3.8, 4) is 5.75 Å². The zero-order valence-electron chi connectivity index (χ0n) is 11.3. The topological polar surface area (TPSA) is 78.6 Å². The molecule has 0 bridgehead atoms. The van der Waals surface area contributed by atoms with Gasteiger partial charge in [-0.2, -0.15) is 0 Å². The highest BCUT2D eigenvalue weighted by Gasteiger charge is 2.17. The number of methoxy groups -OCH3 is 1. The standard InChI is InChI=1S/C13H21NO4S/c1-3-18-12(10-14)8-9-19(15,16)13-6-4-11(17-2)5-7-13/h4-7,12H,3,8-10,14H2,1-2H3. The zero-order valence-corrected chi connectivity index (χ0v) is 12.2. The average Bonchev–Trinajstić information content (AvgIpc) is 2.43. The van der Waals surface area contributed by atoms with Crippen LogP contribution in [0.1, 0.15) is 13.3 Å². The molecule has 1 aromatic rings. The second-order valence-electron chi connectivity index (χ2n) is 4.10. The number of ether oxygens (including phenoxy) is 2. The van der Waals surface area contributed by atoms with Gasteiger partial charge >= 0.3 is 0 Å². The third kappa shape index (κ3) is 4.81. The minimum absolute atomic E-state index is 0.0290. The fourth-order valence-corrected chi connectivity index (χ4v) is 3.05. The number of nitrogens with two attached hydrogens (primary N) is 1. The van der Waals surface area contributed by atoms with Crippen molar-refractivity contribution in [3.05, 3.63) is 24.3 Å². The Bertz CT molecular complexity index is 470. The maximum absolute atomic E-state index is 12.1. The van der Waals surface area contributed by atoms with Crippen molar-refractivity contribution in [2.75, 3.05) is 26.0 Å². The van der Waals surface area contributed by atoms with Crippen molar-refractivity contribution in [1.29, 1.82) is 0 Å². The molecule has 1 atom stereocenters. The Morgan fingerprint density at radius 3 is 2.37 bits per heavy atom. The Balaban J connectivity index is 2.69. The molecule has 0 amide bonds. The van der Waals surface area contributed by atoms with E-state index in [-0.39, 0.29) is 11.9 Å². The summed E-state index contributed by atoms with van der Waals surface area (Å²) in [6.45, 7) is 2.72. The van der Waals surface area contributed by atoms with Crippen LogP contribution in [0.4, 0.5) is 0 Å². The molecule has 0 aliphatic carbocycles. The summed E-state index contributed by atoms with van der Waals surface area (Å²) in [6.07, 6.45) is 0.191. The van der Waals surface area contributed by atoms with E-state index >= 15 is 0 Å². The first kappa shape index (κ1) is 15.9. The largest absolute Gasteiger partial charge is 0.497 e. The maximum Gasteiger partial charge on any atom is 0.178 e. The van der Waals surface area contributed by atoms with Gasteiger partial charge in [0.1, 0.15) is 5.75 Å².